The van der Waals surface area contributed by atoms with E-state index in [0.29, 0.717) is 17.1 Å². The standard InChI is InChI=1S/C18H14BrN5OS/c19-14-3-1-12(2-4-14)16-6-5-15(25-16)11-21-24-17(22-23-18(24)26)13-7-9-20-10-8-13/h1-10,21H,11H2,(H,23,26). The van der Waals surface area contributed by atoms with Crippen molar-refractivity contribution in [3.8, 4) is 22.7 Å². The van der Waals surface area contributed by atoms with Crippen LogP contribution in [0.3, 0.4) is 0 Å². The summed E-state index contributed by atoms with van der Waals surface area (Å²) in [5.74, 6) is 2.31. The Morgan fingerprint density at radius 3 is 2.58 bits per heavy atom. The summed E-state index contributed by atoms with van der Waals surface area (Å²) < 4.78 is 9.17. The van der Waals surface area contributed by atoms with Crippen LogP contribution in [0, 0.1) is 4.77 Å². The van der Waals surface area contributed by atoms with Crippen LogP contribution >= 0.6 is 28.1 Å². The van der Waals surface area contributed by atoms with Crippen LogP contribution in [0.1, 0.15) is 5.76 Å². The van der Waals surface area contributed by atoms with Gasteiger partial charge in [0.25, 0.3) is 0 Å². The fourth-order valence-electron chi connectivity index (χ4n) is 2.54. The van der Waals surface area contributed by atoms with E-state index in [1.165, 1.54) is 0 Å². The van der Waals surface area contributed by atoms with Gasteiger partial charge in [-0.15, -0.1) is 0 Å². The van der Waals surface area contributed by atoms with Crippen molar-refractivity contribution in [2.75, 3.05) is 5.43 Å². The summed E-state index contributed by atoms with van der Waals surface area (Å²) in [6.07, 6.45) is 3.43. The number of pyridine rings is 1. The van der Waals surface area contributed by atoms with Crippen molar-refractivity contribution in [3.05, 3.63) is 75.9 Å². The van der Waals surface area contributed by atoms with E-state index >= 15 is 0 Å². The second kappa shape index (κ2) is 7.27. The van der Waals surface area contributed by atoms with Crippen molar-refractivity contribution in [1.29, 1.82) is 0 Å². The van der Waals surface area contributed by atoms with Gasteiger partial charge >= 0.3 is 0 Å². The quantitative estimate of drug-likeness (QED) is 0.448. The molecule has 0 aliphatic heterocycles. The number of nitrogens with zero attached hydrogens (tertiary/aromatic N) is 3. The molecule has 3 heterocycles. The lowest BCUT2D eigenvalue weighted by molar-refractivity contribution is 0.523. The summed E-state index contributed by atoms with van der Waals surface area (Å²) in [7, 11) is 0. The first kappa shape index (κ1) is 16.7. The van der Waals surface area contributed by atoms with Crippen LogP contribution in [-0.2, 0) is 6.54 Å². The molecule has 2 N–H and O–H groups in total. The van der Waals surface area contributed by atoms with E-state index in [1.807, 2.05) is 48.5 Å². The third kappa shape index (κ3) is 3.47. The van der Waals surface area contributed by atoms with E-state index < -0.39 is 0 Å². The summed E-state index contributed by atoms with van der Waals surface area (Å²) in [5, 5.41) is 7.09. The Hall–Kier alpha value is -2.71. The summed E-state index contributed by atoms with van der Waals surface area (Å²) in [5.41, 5.74) is 5.18. The van der Waals surface area contributed by atoms with E-state index in [0.717, 1.165) is 27.1 Å². The molecule has 4 rings (SSSR count). The Balaban J connectivity index is 1.53. The highest BCUT2D eigenvalue weighted by atomic mass is 79.9. The van der Waals surface area contributed by atoms with Gasteiger partial charge in [-0.05, 0) is 48.6 Å². The van der Waals surface area contributed by atoms with Crippen LogP contribution in [0.15, 0.2) is 69.8 Å². The number of nitrogens with one attached hydrogen (secondary N) is 2. The second-order valence-corrected chi connectivity index (χ2v) is 6.83. The molecule has 130 valence electrons. The number of rotatable bonds is 5. The van der Waals surface area contributed by atoms with Crippen LogP contribution in [0.25, 0.3) is 22.7 Å². The van der Waals surface area contributed by atoms with Gasteiger partial charge in [0.15, 0.2) is 5.82 Å². The highest BCUT2D eigenvalue weighted by molar-refractivity contribution is 9.10. The molecule has 1 aromatic carbocycles. The molecule has 4 aromatic rings. The van der Waals surface area contributed by atoms with Gasteiger partial charge in [-0.2, -0.15) is 5.10 Å². The molecule has 0 radical (unpaired) electrons. The Morgan fingerprint density at radius 1 is 1.04 bits per heavy atom. The zero-order chi connectivity index (χ0) is 17.9. The molecule has 0 unspecified atom stereocenters. The van der Waals surface area contributed by atoms with Crippen LogP contribution < -0.4 is 5.43 Å². The number of halogens is 1. The third-order valence-electron chi connectivity index (χ3n) is 3.81. The number of aromatic amines is 1. The highest BCUT2D eigenvalue weighted by Crippen LogP contribution is 2.24. The first-order valence-electron chi connectivity index (χ1n) is 7.87. The largest absolute Gasteiger partial charge is 0.459 e. The maximum absolute atomic E-state index is 5.93. The minimum atomic E-state index is 0.475. The topological polar surface area (TPSA) is 71.7 Å². The highest BCUT2D eigenvalue weighted by Gasteiger charge is 2.10. The van der Waals surface area contributed by atoms with Crippen molar-refractivity contribution in [2.24, 2.45) is 0 Å². The van der Waals surface area contributed by atoms with Gasteiger partial charge in [0.1, 0.15) is 11.5 Å². The monoisotopic (exact) mass is 427 g/mol. The van der Waals surface area contributed by atoms with Crippen molar-refractivity contribution < 1.29 is 4.42 Å². The second-order valence-electron chi connectivity index (χ2n) is 5.53. The number of furan rings is 1. The normalized spacial score (nSPS) is 10.8. The number of aromatic nitrogens is 4. The average molecular weight is 428 g/mol. The van der Waals surface area contributed by atoms with E-state index in [9.17, 15) is 0 Å². The molecular formula is C18H14BrN5OS. The fraction of sp³-hybridized carbons (Fsp3) is 0.0556. The first-order chi connectivity index (χ1) is 12.7. The molecule has 0 aliphatic rings. The molecule has 6 nitrogen and oxygen atoms in total. The molecule has 0 fully saturated rings. The number of hydrogen-bond acceptors (Lipinski definition) is 5. The lowest BCUT2D eigenvalue weighted by Crippen LogP contribution is -2.15. The Labute approximate surface area is 163 Å². The molecule has 0 bridgehead atoms. The molecule has 0 amide bonds. The van der Waals surface area contributed by atoms with Gasteiger partial charge in [-0.25, -0.2) is 9.77 Å². The molecule has 3 aromatic heterocycles. The molecule has 0 atom stereocenters. The van der Waals surface area contributed by atoms with Gasteiger partial charge in [-0.3, -0.25) is 4.98 Å². The van der Waals surface area contributed by atoms with Crippen molar-refractivity contribution in [2.45, 2.75) is 6.54 Å². The number of benzene rings is 1. The minimum absolute atomic E-state index is 0.475. The maximum atomic E-state index is 5.93. The molecular weight excluding hydrogens is 414 g/mol. The van der Waals surface area contributed by atoms with Crippen LogP contribution in [-0.4, -0.2) is 19.9 Å². The molecule has 26 heavy (non-hydrogen) atoms. The zero-order valence-corrected chi connectivity index (χ0v) is 15.9. The molecule has 0 aliphatic carbocycles. The smallest absolute Gasteiger partial charge is 0.214 e. The summed E-state index contributed by atoms with van der Waals surface area (Å²) in [6, 6.07) is 15.6. The molecule has 0 spiro atoms. The SMILES string of the molecule is S=c1[nH]nc(-c2ccncc2)n1NCc1ccc(-c2ccc(Br)cc2)o1. The van der Waals surface area contributed by atoms with Crippen molar-refractivity contribution >= 4 is 28.1 Å². The van der Waals surface area contributed by atoms with Gasteiger partial charge in [0.2, 0.25) is 4.77 Å². The van der Waals surface area contributed by atoms with E-state index in [1.54, 1.807) is 17.1 Å². The van der Waals surface area contributed by atoms with Gasteiger partial charge < -0.3 is 9.84 Å². The minimum Gasteiger partial charge on any atom is -0.459 e. The summed E-state index contributed by atoms with van der Waals surface area (Å²) in [6.45, 7) is 0.475. The average Bonchev–Trinajstić information content (AvgIpc) is 3.28. The first-order valence-corrected chi connectivity index (χ1v) is 9.07. The number of H-pyrrole nitrogens is 1. The van der Waals surface area contributed by atoms with E-state index in [-0.39, 0.29) is 0 Å². The van der Waals surface area contributed by atoms with Crippen LogP contribution in [0.2, 0.25) is 0 Å². The zero-order valence-electron chi connectivity index (χ0n) is 13.5. The Bertz CT molecular complexity index is 1070. The summed E-state index contributed by atoms with van der Waals surface area (Å²) in [4.78, 5) is 4.03. The van der Waals surface area contributed by atoms with Crippen LogP contribution in [0.5, 0.6) is 0 Å². The Morgan fingerprint density at radius 2 is 1.81 bits per heavy atom. The van der Waals surface area contributed by atoms with Crippen molar-refractivity contribution in [1.82, 2.24) is 19.9 Å². The third-order valence-corrected chi connectivity index (χ3v) is 4.62. The summed E-state index contributed by atoms with van der Waals surface area (Å²) >= 11 is 8.75. The van der Waals surface area contributed by atoms with E-state index in [2.05, 4.69) is 36.5 Å². The maximum Gasteiger partial charge on any atom is 0.214 e. The lowest BCUT2D eigenvalue weighted by atomic mass is 10.2. The van der Waals surface area contributed by atoms with E-state index in [4.69, 9.17) is 16.6 Å². The Kier molecular flexibility index (Phi) is 4.68. The van der Waals surface area contributed by atoms with Crippen molar-refractivity contribution in [3.63, 3.8) is 0 Å². The molecule has 0 saturated heterocycles. The predicted molar refractivity (Wildman–Crippen MR) is 106 cm³/mol. The predicted octanol–water partition coefficient (Wildman–Crippen LogP) is 4.77. The van der Waals surface area contributed by atoms with Crippen LogP contribution in [0.4, 0.5) is 0 Å². The molecule has 0 saturated carbocycles. The van der Waals surface area contributed by atoms with Gasteiger partial charge in [0, 0.05) is 28.0 Å². The fourth-order valence-corrected chi connectivity index (χ4v) is 3.00. The number of hydrogen-bond donors (Lipinski definition) is 2. The lowest BCUT2D eigenvalue weighted by Gasteiger charge is -2.08. The molecule has 8 heteroatoms. The van der Waals surface area contributed by atoms with Gasteiger partial charge in [-0.1, -0.05) is 28.1 Å². The van der Waals surface area contributed by atoms with Gasteiger partial charge in [0.05, 0.1) is 6.54 Å².